The predicted molar refractivity (Wildman–Crippen MR) is 59.9 cm³/mol. The Balaban J connectivity index is 4.40. The zero-order valence-electron chi connectivity index (χ0n) is 8.72. The Labute approximate surface area is 80.8 Å². The summed E-state index contributed by atoms with van der Waals surface area (Å²) in [5.41, 5.74) is 3.08. The van der Waals surface area contributed by atoms with E-state index in [9.17, 15) is 0 Å². The highest BCUT2D eigenvalue weighted by molar-refractivity contribution is 5.59. The van der Waals surface area contributed by atoms with Gasteiger partial charge in [-0.3, -0.25) is 4.99 Å². The average Bonchev–Trinajstić information content (AvgIpc) is 2.09. The van der Waals surface area contributed by atoms with E-state index in [0.717, 1.165) is 23.3 Å². The molecule has 0 aliphatic rings. The summed E-state index contributed by atoms with van der Waals surface area (Å²) in [5, 5.41) is 2.99. The van der Waals surface area contributed by atoms with Crippen molar-refractivity contribution in [2.24, 2.45) is 4.99 Å². The van der Waals surface area contributed by atoms with Crippen LogP contribution in [0.4, 0.5) is 0 Å². The van der Waals surface area contributed by atoms with E-state index in [1.165, 1.54) is 0 Å². The van der Waals surface area contributed by atoms with Crippen LogP contribution in [0.15, 0.2) is 41.1 Å². The molecule has 0 radical (unpaired) electrons. The summed E-state index contributed by atoms with van der Waals surface area (Å²) in [6.45, 7) is 11.8. The van der Waals surface area contributed by atoms with Crippen molar-refractivity contribution in [2.75, 3.05) is 7.05 Å². The van der Waals surface area contributed by atoms with E-state index < -0.39 is 0 Å². The SMILES string of the molecule is C=C(C)/C=C(/CC)C(=C)NC=NC. The maximum absolute atomic E-state index is 3.90. The molecule has 0 atom stereocenters. The van der Waals surface area contributed by atoms with Crippen LogP contribution in [0.1, 0.15) is 20.3 Å². The third-order valence-corrected chi connectivity index (χ3v) is 1.56. The molecule has 13 heavy (non-hydrogen) atoms. The summed E-state index contributed by atoms with van der Waals surface area (Å²) in [6.07, 6.45) is 4.60. The Bertz CT molecular complexity index is 247. The summed E-state index contributed by atoms with van der Waals surface area (Å²) in [6, 6.07) is 0. The Morgan fingerprint density at radius 1 is 1.46 bits per heavy atom. The number of aliphatic imine (C=N–C) groups is 1. The lowest BCUT2D eigenvalue weighted by molar-refractivity contribution is 1.04. The summed E-state index contributed by atoms with van der Waals surface area (Å²) in [5.74, 6) is 0. The maximum Gasteiger partial charge on any atom is 0.0864 e. The van der Waals surface area contributed by atoms with Crippen LogP contribution in [0.3, 0.4) is 0 Å². The highest BCUT2D eigenvalue weighted by Crippen LogP contribution is 2.11. The summed E-state index contributed by atoms with van der Waals surface area (Å²) in [4.78, 5) is 3.82. The third-order valence-electron chi connectivity index (χ3n) is 1.56. The zero-order valence-corrected chi connectivity index (χ0v) is 8.72. The molecule has 0 heterocycles. The van der Waals surface area contributed by atoms with Crippen molar-refractivity contribution in [1.82, 2.24) is 5.32 Å². The lowest BCUT2D eigenvalue weighted by Crippen LogP contribution is -2.11. The zero-order chi connectivity index (χ0) is 10.3. The van der Waals surface area contributed by atoms with Crippen molar-refractivity contribution >= 4 is 6.34 Å². The molecule has 0 rings (SSSR count). The minimum Gasteiger partial charge on any atom is -0.347 e. The molecule has 0 unspecified atom stereocenters. The van der Waals surface area contributed by atoms with Gasteiger partial charge in [0.15, 0.2) is 0 Å². The second-order valence-corrected chi connectivity index (χ2v) is 2.88. The van der Waals surface area contributed by atoms with Gasteiger partial charge in [0, 0.05) is 12.7 Å². The van der Waals surface area contributed by atoms with E-state index in [2.05, 4.69) is 30.4 Å². The molecule has 0 amide bonds. The molecule has 0 aromatic carbocycles. The predicted octanol–water partition coefficient (Wildman–Crippen LogP) is 2.66. The van der Waals surface area contributed by atoms with Gasteiger partial charge < -0.3 is 5.32 Å². The molecule has 0 saturated heterocycles. The molecule has 0 saturated carbocycles. The first-order chi connectivity index (χ1) is 6.11. The Morgan fingerprint density at radius 2 is 2.08 bits per heavy atom. The first-order valence-corrected chi connectivity index (χ1v) is 4.34. The highest BCUT2D eigenvalue weighted by Gasteiger charge is 1.97. The second-order valence-electron chi connectivity index (χ2n) is 2.88. The molecule has 2 heteroatoms. The van der Waals surface area contributed by atoms with Gasteiger partial charge in [-0.1, -0.05) is 31.7 Å². The van der Waals surface area contributed by atoms with Crippen molar-refractivity contribution < 1.29 is 0 Å². The van der Waals surface area contributed by atoms with Crippen molar-refractivity contribution in [3.05, 3.63) is 36.1 Å². The van der Waals surface area contributed by atoms with Gasteiger partial charge in [0.25, 0.3) is 0 Å². The highest BCUT2D eigenvalue weighted by atomic mass is 14.9. The topological polar surface area (TPSA) is 24.4 Å². The number of nitrogens with zero attached hydrogens (tertiary/aromatic N) is 1. The molecule has 0 bridgehead atoms. The number of allylic oxidation sites excluding steroid dienone is 3. The van der Waals surface area contributed by atoms with E-state index in [4.69, 9.17) is 0 Å². The van der Waals surface area contributed by atoms with Crippen molar-refractivity contribution in [2.45, 2.75) is 20.3 Å². The molecule has 0 aromatic heterocycles. The monoisotopic (exact) mass is 178 g/mol. The summed E-state index contributed by atoms with van der Waals surface area (Å²) < 4.78 is 0. The second kappa shape index (κ2) is 6.23. The van der Waals surface area contributed by atoms with E-state index in [1.54, 1.807) is 13.4 Å². The third kappa shape index (κ3) is 5.01. The number of hydrogen-bond donors (Lipinski definition) is 1. The minimum atomic E-state index is 0.885. The fourth-order valence-corrected chi connectivity index (χ4v) is 0.935. The molecule has 0 aliphatic heterocycles. The van der Waals surface area contributed by atoms with Crippen LogP contribution < -0.4 is 5.32 Å². The van der Waals surface area contributed by atoms with Crippen LogP contribution in [0.2, 0.25) is 0 Å². The largest absolute Gasteiger partial charge is 0.347 e. The van der Waals surface area contributed by atoms with E-state index in [0.29, 0.717) is 0 Å². The van der Waals surface area contributed by atoms with Gasteiger partial charge in [0.2, 0.25) is 0 Å². The Morgan fingerprint density at radius 3 is 2.46 bits per heavy atom. The molecule has 72 valence electrons. The van der Waals surface area contributed by atoms with E-state index >= 15 is 0 Å². The van der Waals surface area contributed by atoms with E-state index in [1.807, 2.05) is 13.0 Å². The summed E-state index contributed by atoms with van der Waals surface area (Å²) in [7, 11) is 1.72. The molecular formula is C11H18N2. The van der Waals surface area contributed by atoms with E-state index in [-0.39, 0.29) is 0 Å². The van der Waals surface area contributed by atoms with Crippen LogP contribution in [-0.4, -0.2) is 13.4 Å². The van der Waals surface area contributed by atoms with Crippen LogP contribution in [0, 0.1) is 0 Å². The van der Waals surface area contributed by atoms with Crippen molar-refractivity contribution in [3.63, 3.8) is 0 Å². The molecule has 0 aromatic rings. The quantitative estimate of drug-likeness (QED) is 0.390. The number of hydrogen-bond acceptors (Lipinski definition) is 1. The Kier molecular flexibility index (Phi) is 5.60. The smallest absolute Gasteiger partial charge is 0.0864 e. The average molecular weight is 178 g/mol. The number of nitrogens with one attached hydrogen (secondary N) is 1. The van der Waals surface area contributed by atoms with Gasteiger partial charge in [-0.05, 0) is 18.9 Å². The normalized spacial score (nSPS) is 11.8. The first kappa shape index (κ1) is 11.7. The van der Waals surface area contributed by atoms with Gasteiger partial charge in [-0.15, -0.1) is 0 Å². The summed E-state index contributed by atoms with van der Waals surface area (Å²) >= 11 is 0. The van der Waals surface area contributed by atoms with Gasteiger partial charge in [-0.2, -0.15) is 0 Å². The van der Waals surface area contributed by atoms with Gasteiger partial charge in [0.05, 0.1) is 6.34 Å². The molecule has 0 aliphatic carbocycles. The molecule has 0 spiro atoms. The van der Waals surface area contributed by atoms with Gasteiger partial charge in [0.1, 0.15) is 0 Å². The molecule has 1 N–H and O–H groups in total. The Hall–Kier alpha value is -1.31. The number of rotatable bonds is 5. The van der Waals surface area contributed by atoms with Crippen LogP contribution >= 0.6 is 0 Å². The van der Waals surface area contributed by atoms with Crippen LogP contribution in [0.25, 0.3) is 0 Å². The maximum atomic E-state index is 3.90. The van der Waals surface area contributed by atoms with Crippen LogP contribution in [-0.2, 0) is 0 Å². The fraction of sp³-hybridized carbons (Fsp3) is 0.364. The van der Waals surface area contributed by atoms with Gasteiger partial charge >= 0.3 is 0 Å². The first-order valence-electron chi connectivity index (χ1n) is 4.34. The lowest BCUT2D eigenvalue weighted by atomic mass is 10.1. The van der Waals surface area contributed by atoms with Crippen molar-refractivity contribution in [3.8, 4) is 0 Å². The molecule has 2 nitrogen and oxygen atoms in total. The van der Waals surface area contributed by atoms with Crippen LogP contribution in [0.5, 0.6) is 0 Å². The standard InChI is InChI=1S/C11H18N2/c1-6-11(7-9(2)3)10(4)13-8-12-5/h7-8H,2,4,6H2,1,3,5H3,(H,12,13)/b11-7-. The molecule has 0 fully saturated rings. The van der Waals surface area contributed by atoms with Crippen molar-refractivity contribution in [1.29, 1.82) is 0 Å². The van der Waals surface area contributed by atoms with Gasteiger partial charge in [-0.25, -0.2) is 0 Å². The fourth-order valence-electron chi connectivity index (χ4n) is 0.935. The minimum absolute atomic E-state index is 0.885. The molecular weight excluding hydrogens is 160 g/mol. The lowest BCUT2D eigenvalue weighted by Gasteiger charge is -2.07.